The molecule has 96 valence electrons. The average molecular weight is 252 g/mol. The van der Waals surface area contributed by atoms with E-state index >= 15 is 0 Å². The van der Waals surface area contributed by atoms with Gasteiger partial charge in [-0.05, 0) is 19.1 Å². The van der Waals surface area contributed by atoms with Crippen molar-refractivity contribution in [2.24, 2.45) is 7.05 Å². The Morgan fingerprint density at radius 1 is 1.21 bits per heavy atom. The topological polar surface area (TPSA) is 42.7 Å². The largest absolute Gasteiger partial charge is 0.379 e. The number of hydrogen-bond donors (Lipinski definition) is 1. The molecule has 0 aliphatic heterocycles. The summed E-state index contributed by atoms with van der Waals surface area (Å²) in [5.74, 6) is 0. The molecule has 1 N–H and O–H groups in total. The van der Waals surface area contributed by atoms with Gasteiger partial charge in [0.05, 0.1) is 17.4 Å². The summed E-state index contributed by atoms with van der Waals surface area (Å²) >= 11 is 0. The van der Waals surface area contributed by atoms with Crippen LogP contribution in [0, 0.1) is 6.92 Å². The Labute approximate surface area is 112 Å². The molecule has 0 saturated heterocycles. The minimum atomic E-state index is 0.759. The highest BCUT2D eigenvalue weighted by Crippen LogP contribution is 2.21. The van der Waals surface area contributed by atoms with Crippen molar-refractivity contribution in [2.75, 3.05) is 5.32 Å². The number of rotatable bonds is 3. The molecule has 0 atom stereocenters. The van der Waals surface area contributed by atoms with Gasteiger partial charge in [-0.3, -0.25) is 9.67 Å². The zero-order valence-corrected chi connectivity index (χ0v) is 11.1. The van der Waals surface area contributed by atoms with Crippen molar-refractivity contribution in [3.8, 4) is 0 Å². The van der Waals surface area contributed by atoms with Gasteiger partial charge in [-0.2, -0.15) is 5.10 Å². The molecule has 0 bridgehead atoms. The highest BCUT2D eigenvalue weighted by molar-refractivity contribution is 5.90. The fourth-order valence-electron chi connectivity index (χ4n) is 2.16. The molecular formula is C15H16N4. The number of aromatic nitrogens is 3. The molecule has 2 aromatic heterocycles. The van der Waals surface area contributed by atoms with Crippen molar-refractivity contribution in [3.05, 3.63) is 54.0 Å². The molecule has 3 rings (SSSR count). The SMILES string of the molecule is Cc1c(CNc2cccc3cccnc23)cnn1C. The summed E-state index contributed by atoms with van der Waals surface area (Å²) in [6.07, 6.45) is 3.73. The number of nitrogens with one attached hydrogen (secondary N) is 1. The number of nitrogens with zero attached hydrogens (tertiary/aromatic N) is 3. The van der Waals surface area contributed by atoms with Crippen LogP contribution in [0.1, 0.15) is 11.3 Å². The molecule has 0 radical (unpaired) electrons. The first-order valence-electron chi connectivity index (χ1n) is 6.31. The van der Waals surface area contributed by atoms with Crippen molar-refractivity contribution in [1.29, 1.82) is 0 Å². The second kappa shape index (κ2) is 4.72. The van der Waals surface area contributed by atoms with Gasteiger partial charge in [0, 0.05) is 36.4 Å². The molecule has 2 heterocycles. The minimum absolute atomic E-state index is 0.759. The van der Waals surface area contributed by atoms with Crippen LogP contribution in [0.3, 0.4) is 0 Å². The van der Waals surface area contributed by atoms with Crippen LogP contribution in [0.15, 0.2) is 42.7 Å². The number of anilines is 1. The molecule has 1 aromatic carbocycles. The van der Waals surface area contributed by atoms with E-state index in [0.717, 1.165) is 23.1 Å². The summed E-state index contributed by atoms with van der Waals surface area (Å²) in [6.45, 7) is 2.83. The number of hydrogen-bond acceptors (Lipinski definition) is 3. The zero-order chi connectivity index (χ0) is 13.2. The van der Waals surface area contributed by atoms with Gasteiger partial charge in [0.2, 0.25) is 0 Å². The molecule has 0 saturated carbocycles. The Morgan fingerprint density at radius 2 is 2.05 bits per heavy atom. The predicted octanol–water partition coefficient (Wildman–Crippen LogP) is 2.89. The third-order valence-corrected chi connectivity index (χ3v) is 3.44. The first kappa shape index (κ1) is 11.7. The van der Waals surface area contributed by atoms with E-state index in [1.165, 1.54) is 11.3 Å². The number of aryl methyl sites for hydroxylation is 1. The second-order valence-corrected chi connectivity index (χ2v) is 4.61. The van der Waals surface area contributed by atoms with Gasteiger partial charge in [0.15, 0.2) is 0 Å². The van der Waals surface area contributed by atoms with Gasteiger partial charge < -0.3 is 5.32 Å². The van der Waals surface area contributed by atoms with E-state index in [2.05, 4.69) is 40.5 Å². The van der Waals surface area contributed by atoms with Gasteiger partial charge in [-0.15, -0.1) is 0 Å². The van der Waals surface area contributed by atoms with Crippen LogP contribution < -0.4 is 5.32 Å². The van der Waals surface area contributed by atoms with Crippen molar-refractivity contribution in [2.45, 2.75) is 13.5 Å². The highest BCUT2D eigenvalue weighted by atomic mass is 15.3. The van der Waals surface area contributed by atoms with Crippen LogP contribution in [0.5, 0.6) is 0 Å². The van der Waals surface area contributed by atoms with E-state index in [-0.39, 0.29) is 0 Å². The Kier molecular flexibility index (Phi) is 2.91. The number of benzene rings is 1. The summed E-state index contributed by atoms with van der Waals surface area (Å²) in [4.78, 5) is 4.44. The third-order valence-electron chi connectivity index (χ3n) is 3.44. The summed E-state index contributed by atoms with van der Waals surface area (Å²) in [5, 5.41) is 8.84. The van der Waals surface area contributed by atoms with Crippen molar-refractivity contribution >= 4 is 16.6 Å². The lowest BCUT2D eigenvalue weighted by Gasteiger charge is -2.08. The standard InChI is InChI=1S/C15H16N4/c1-11-13(10-18-19(11)2)9-17-14-7-3-5-12-6-4-8-16-15(12)14/h3-8,10,17H,9H2,1-2H3. The maximum Gasteiger partial charge on any atom is 0.0933 e. The van der Waals surface area contributed by atoms with Gasteiger partial charge >= 0.3 is 0 Å². The molecule has 0 aliphatic carbocycles. The quantitative estimate of drug-likeness (QED) is 0.779. The maximum absolute atomic E-state index is 4.44. The minimum Gasteiger partial charge on any atom is -0.379 e. The molecule has 0 spiro atoms. The Morgan fingerprint density at radius 3 is 2.84 bits per heavy atom. The van der Waals surface area contributed by atoms with E-state index in [9.17, 15) is 0 Å². The van der Waals surface area contributed by atoms with Gasteiger partial charge in [0.1, 0.15) is 0 Å². The smallest absolute Gasteiger partial charge is 0.0933 e. The second-order valence-electron chi connectivity index (χ2n) is 4.61. The molecule has 4 nitrogen and oxygen atoms in total. The Balaban J connectivity index is 1.88. The molecule has 0 amide bonds. The fourth-order valence-corrected chi connectivity index (χ4v) is 2.16. The maximum atomic E-state index is 4.44. The lowest BCUT2D eigenvalue weighted by Crippen LogP contribution is -2.02. The summed E-state index contributed by atoms with van der Waals surface area (Å²) < 4.78 is 1.89. The van der Waals surface area contributed by atoms with Crippen molar-refractivity contribution in [1.82, 2.24) is 14.8 Å². The van der Waals surface area contributed by atoms with Crippen LogP contribution in [-0.4, -0.2) is 14.8 Å². The van der Waals surface area contributed by atoms with Crippen LogP contribution in [0.25, 0.3) is 10.9 Å². The summed E-state index contributed by atoms with van der Waals surface area (Å²) in [7, 11) is 1.96. The molecular weight excluding hydrogens is 236 g/mol. The Bertz CT molecular complexity index is 710. The van der Waals surface area contributed by atoms with Crippen LogP contribution >= 0.6 is 0 Å². The van der Waals surface area contributed by atoms with E-state index in [4.69, 9.17) is 0 Å². The first-order valence-corrected chi connectivity index (χ1v) is 6.31. The molecule has 3 aromatic rings. The van der Waals surface area contributed by atoms with Crippen LogP contribution in [0.2, 0.25) is 0 Å². The lowest BCUT2D eigenvalue weighted by molar-refractivity contribution is 0.738. The van der Waals surface area contributed by atoms with E-state index in [1.54, 1.807) is 0 Å². The predicted molar refractivity (Wildman–Crippen MR) is 77.0 cm³/mol. The summed E-state index contributed by atoms with van der Waals surface area (Å²) in [6, 6.07) is 10.2. The van der Waals surface area contributed by atoms with Gasteiger partial charge in [-0.1, -0.05) is 18.2 Å². The molecule has 0 fully saturated rings. The van der Waals surface area contributed by atoms with Crippen molar-refractivity contribution < 1.29 is 0 Å². The van der Waals surface area contributed by atoms with Crippen LogP contribution in [0.4, 0.5) is 5.69 Å². The normalized spacial score (nSPS) is 10.8. The van der Waals surface area contributed by atoms with E-state index in [1.807, 2.05) is 36.3 Å². The van der Waals surface area contributed by atoms with Gasteiger partial charge in [-0.25, -0.2) is 0 Å². The average Bonchev–Trinajstić information content (AvgIpc) is 2.76. The number of pyridine rings is 1. The van der Waals surface area contributed by atoms with E-state index < -0.39 is 0 Å². The van der Waals surface area contributed by atoms with Crippen LogP contribution in [-0.2, 0) is 13.6 Å². The first-order chi connectivity index (χ1) is 9.25. The van der Waals surface area contributed by atoms with Crippen molar-refractivity contribution in [3.63, 3.8) is 0 Å². The van der Waals surface area contributed by atoms with E-state index in [0.29, 0.717) is 0 Å². The Hall–Kier alpha value is -2.36. The molecule has 4 heteroatoms. The lowest BCUT2D eigenvalue weighted by atomic mass is 10.2. The summed E-state index contributed by atoms with van der Waals surface area (Å²) in [5.41, 5.74) is 4.45. The molecule has 0 unspecified atom stereocenters. The molecule has 19 heavy (non-hydrogen) atoms. The fraction of sp³-hybridized carbons (Fsp3) is 0.200. The zero-order valence-electron chi connectivity index (χ0n) is 11.1. The van der Waals surface area contributed by atoms with Gasteiger partial charge in [0.25, 0.3) is 0 Å². The molecule has 0 aliphatic rings. The highest BCUT2D eigenvalue weighted by Gasteiger charge is 2.05. The number of fused-ring (bicyclic) bond motifs is 1. The monoisotopic (exact) mass is 252 g/mol. The number of para-hydroxylation sites is 1. The third kappa shape index (κ3) is 2.17.